The van der Waals surface area contributed by atoms with Crippen molar-refractivity contribution in [1.29, 1.82) is 0 Å². The Bertz CT molecular complexity index is 569. The van der Waals surface area contributed by atoms with Crippen LogP contribution in [-0.4, -0.2) is 34.1 Å². The third-order valence-electron chi connectivity index (χ3n) is 3.22. The summed E-state index contributed by atoms with van der Waals surface area (Å²) >= 11 is 0. The van der Waals surface area contributed by atoms with Crippen molar-refractivity contribution in [2.45, 2.75) is 40.0 Å². The topological polar surface area (TPSA) is 127 Å². The quantitative estimate of drug-likeness (QED) is 0.344. The fourth-order valence-electron chi connectivity index (χ4n) is 2.21. The fourth-order valence-corrected chi connectivity index (χ4v) is 2.21. The molecule has 132 valence electrons. The lowest BCUT2D eigenvalue weighted by atomic mass is 9.82. The van der Waals surface area contributed by atoms with E-state index in [1.54, 1.807) is 0 Å². The first kappa shape index (κ1) is 19.7. The molecule has 0 saturated carbocycles. The molecule has 0 aliphatic heterocycles. The molecule has 24 heavy (non-hydrogen) atoms. The normalized spacial score (nSPS) is 12.5. The van der Waals surface area contributed by atoms with Crippen molar-refractivity contribution in [3.05, 3.63) is 24.3 Å². The summed E-state index contributed by atoms with van der Waals surface area (Å²) in [5.41, 5.74) is 10.3. The number of hydrogen-bond donors (Lipinski definition) is 3. The molecule has 2 amide bonds. The van der Waals surface area contributed by atoms with Gasteiger partial charge in [0.15, 0.2) is 5.78 Å². The first-order valence-electron chi connectivity index (χ1n) is 7.79. The van der Waals surface area contributed by atoms with Crippen LogP contribution in [0.2, 0.25) is 0 Å². The zero-order valence-electron chi connectivity index (χ0n) is 14.3. The molecule has 0 aromatic carbocycles. The Morgan fingerprint density at radius 2 is 1.96 bits per heavy atom. The molecule has 1 aromatic heterocycles. The van der Waals surface area contributed by atoms with Gasteiger partial charge in [-0.25, -0.2) is 10.4 Å². The lowest BCUT2D eigenvalue weighted by Gasteiger charge is -2.25. The zero-order valence-corrected chi connectivity index (χ0v) is 14.3. The van der Waals surface area contributed by atoms with Gasteiger partial charge in [-0.1, -0.05) is 20.8 Å². The highest BCUT2D eigenvalue weighted by Gasteiger charge is 2.28. The molecule has 1 aromatic rings. The number of primary amides is 1. The van der Waals surface area contributed by atoms with Gasteiger partial charge >= 0.3 is 0 Å². The van der Waals surface area contributed by atoms with Crippen LogP contribution in [0.15, 0.2) is 18.6 Å². The molecule has 0 radical (unpaired) electrons. The van der Waals surface area contributed by atoms with Crippen LogP contribution in [0, 0.1) is 11.3 Å². The number of carbonyl (C=O) groups excluding carboxylic acids is 3. The Kier molecular flexibility index (Phi) is 7.44. The summed E-state index contributed by atoms with van der Waals surface area (Å²) in [6.07, 6.45) is 5.00. The Labute approximate surface area is 141 Å². The van der Waals surface area contributed by atoms with E-state index in [1.807, 2.05) is 20.8 Å². The fraction of sp³-hybridized carbons (Fsp3) is 0.562. The van der Waals surface area contributed by atoms with E-state index in [9.17, 15) is 14.4 Å². The van der Waals surface area contributed by atoms with Crippen molar-refractivity contribution < 1.29 is 14.4 Å². The van der Waals surface area contributed by atoms with E-state index in [-0.39, 0.29) is 42.2 Å². The molecule has 8 heteroatoms. The molecule has 0 aliphatic carbocycles. The Hall–Kier alpha value is -2.35. The molecule has 0 saturated heterocycles. The van der Waals surface area contributed by atoms with Crippen LogP contribution in [0.3, 0.4) is 0 Å². The molecule has 0 spiro atoms. The third kappa shape index (κ3) is 7.77. The lowest BCUT2D eigenvalue weighted by Crippen LogP contribution is -2.43. The number of nitrogens with zero attached hydrogens (tertiary/aromatic N) is 2. The standard InChI is InChI=1S/C16H25N5O3/c1-16(2,3)9-11(15(24)21-20-5-4-14(17)23)8-13(22)12-10-18-6-7-19-12/h6-7,10-11,20H,4-5,8-9H2,1-3H3,(H2,17,23)(H,21,24)/t11-/m0/s1. The van der Waals surface area contributed by atoms with Crippen molar-refractivity contribution in [2.24, 2.45) is 17.1 Å². The summed E-state index contributed by atoms with van der Waals surface area (Å²) in [7, 11) is 0. The summed E-state index contributed by atoms with van der Waals surface area (Å²) in [5, 5.41) is 0. The van der Waals surface area contributed by atoms with Crippen LogP contribution in [0.4, 0.5) is 0 Å². The molecule has 0 bridgehead atoms. The van der Waals surface area contributed by atoms with Crippen molar-refractivity contribution in [2.75, 3.05) is 6.54 Å². The minimum absolute atomic E-state index is 0.0410. The Balaban J connectivity index is 2.67. The predicted molar refractivity (Wildman–Crippen MR) is 88.5 cm³/mol. The summed E-state index contributed by atoms with van der Waals surface area (Å²) in [4.78, 5) is 43.2. The number of hydrazine groups is 1. The van der Waals surface area contributed by atoms with Gasteiger partial charge in [-0.2, -0.15) is 0 Å². The highest BCUT2D eigenvalue weighted by molar-refractivity contribution is 5.96. The highest BCUT2D eigenvalue weighted by atomic mass is 16.2. The Morgan fingerprint density at radius 3 is 2.50 bits per heavy atom. The average Bonchev–Trinajstić information content (AvgIpc) is 2.50. The molecule has 1 atom stereocenters. The molecule has 1 heterocycles. The van der Waals surface area contributed by atoms with Gasteiger partial charge in [-0.15, -0.1) is 0 Å². The molecule has 1 rings (SSSR count). The van der Waals surface area contributed by atoms with Gasteiger partial charge in [-0.3, -0.25) is 24.8 Å². The van der Waals surface area contributed by atoms with Gasteiger partial charge in [-0.05, 0) is 11.8 Å². The van der Waals surface area contributed by atoms with E-state index >= 15 is 0 Å². The first-order chi connectivity index (χ1) is 11.2. The summed E-state index contributed by atoms with van der Waals surface area (Å²) in [5.74, 6) is -1.50. The monoisotopic (exact) mass is 335 g/mol. The highest BCUT2D eigenvalue weighted by Crippen LogP contribution is 2.27. The maximum Gasteiger partial charge on any atom is 0.237 e. The summed E-state index contributed by atoms with van der Waals surface area (Å²) < 4.78 is 0. The number of nitrogens with one attached hydrogen (secondary N) is 2. The van der Waals surface area contributed by atoms with Crippen LogP contribution in [0.5, 0.6) is 0 Å². The number of amides is 2. The van der Waals surface area contributed by atoms with Crippen molar-refractivity contribution >= 4 is 17.6 Å². The second-order valence-electron chi connectivity index (χ2n) is 6.81. The van der Waals surface area contributed by atoms with Crippen LogP contribution in [-0.2, 0) is 9.59 Å². The van der Waals surface area contributed by atoms with E-state index in [2.05, 4.69) is 20.8 Å². The third-order valence-corrected chi connectivity index (χ3v) is 3.22. The molecule has 8 nitrogen and oxygen atoms in total. The maximum atomic E-state index is 12.4. The van der Waals surface area contributed by atoms with E-state index < -0.39 is 11.8 Å². The Morgan fingerprint density at radius 1 is 1.25 bits per heavy atom. The minimum Gasteiger partial charge on any atom is -0.370 e. The van der Waals surface area contributed by atoms with Gasteiger partial charge in [0.2, 0.25) is 11.8 Å². The van der Waals surface area contributed by atoms with Gasteiger partial charge in [0.25, 0.3) is 0 Å². The second-order valence-corrected chi connectivity index (χ2v) is 6.81. The van der Waals surface area contributed by atoms with Crippen molar-refractivity contribution in [1.82, 2.24) is 20.8 Å². The number of ketones is 1. The summed E-state index contributed by atoms with van der Waals surface area (Å²) in [6.45, 7) is 6.24. The van der Waals surface area contributed by atoms with Crippen molar-refractivity contribution in [3.63, 3.8) is 0 Å². The van der Waals surface area contributed by atoms with E-state index in [1.165, 1.54) is 18.6 Å². The largest absolute Gasteiger partial charge is 0.370 e. The molecular formula is C16H25N5O3. The van der Waals surface area contributed by atoms with Crippen LogP contribution >= 0.6 is 0 Å². The average molecular weight is 335 g/mol. The SMILES string of the molecule is CC(C)(C)C[C@H](CC(=O)c1cnccn1)C(=O)NNCCC(N)=O. The molecular weight excluding hydrogens is 310 g/mol. The van der Waals surface area contributed by atoms with Crippen molar-refractivity contribution in [3.8, 4) is 0 Å². The minimum atomic E-state index is -0.513. The van der Waals surface area contributed by atoms with Gasteiger partial charge in [0.05, 0.1) is 6.20 Å². The first-order valence-corrected chi connectivity index (χ1v) is 7.79. The second kappa shape index (κ2) is 9.07. The van der Waals surface area contributed by atoms with E-state index in [0.717, 1.165) is 0 Å². The number of nitrogens with two attached hydrogens (primary N) is 1. The maximum absolute atomic E-state index is 12.4. The lowest BCUT2D eigenvalue weighted by molar-refractivity contribution is -0.127. The van der Waals surface area contributed by atoms with Crippen LogP contribution < -0.4 is 16.6 Å². The smallest absolute Gasteiger partial charge is 0.237 e. The number of rotatable bonds is 9. The summed E-state index contributed by atoms with van der Waals surface area (Å²) in [6, 6.07) is 0. The number of Topliss-reactive ketones (excluding diaryl/α,β-unsaturated/α-hetero) is 1. The van der Waals surface area contributed by atoms with E-state index in [0.29, 0.717) is 6.42 Å². The van der Waals surface area contributed by atoms with Gasteiger partial charge < -0.3 is 5.73 Å². The number of carbonyl (C=O) groups is 3. The molecule has 0 unspecified atom stereocenters. The van der Waals surface area contributed by atoms with Crippen LogP contribution in [0.25, 0.3) is 0 Å². The van der Waals surface area contributed by atoms with Crippen LogP contribution in [0.1, 0.15) is 50.5 Å². The zero-order chi connectivity index (χ0) is 18.2. The number of hydrogen-bond acceptors (Lipinski definition) is 6. The molecule has 0 aliphatic rings. The predicted octanol–water partition coefficient (Wildman–Crippen LogP) is 0.598. The van der Waals surface area contributed by atoms with Gasteiger partial charge in [0.1, 0.15) is 5.69 Å². The van der Waals surface area contributed by atoms with Gasteiger partial charge in [0, 0.05) is 37.7 Å². The van der Waals surface area contributed by atoms with E-state index in [4.69, 9.17) is 5.73 Å². The number of aromatic nitrogens is 2. The molecule has 0 fully saturated rings. The molecule has 4 N–H and O–H groups in total.